The Bertz CT molecular complexity index is 929. The van der Waals surface area contributed by atoms with E-state index in [1.54, 1.807) is 18.1 Å². The van der Waals surface area contributed by atoms with Crippen LogP contribution in [0, 0.1) is 6.92 Å². The van der Waals surface area contributed by atoms with Gasteiger partial charge < -0.3 is 9.30 Å². The van der Waals surface area contributed by atoms with Gasteiger partial charge in [0, 0.05) is 11.9 Å². The molecule has 0 spiro atoms. The van der Waals surface area contributed by atoms with Crippen LogP contribution in [0.15, 0.2) is 35.6 Å². The highest BCUT2D eigenvalue weighted by molar-refractivity contribution is 5.87. The Hall–Kier alpha value is -2.63. The Balaban J connectivity index is 2.14. The van der Waals surface area contributed by atoms with Gasteiger partial charge in [0.25, 0.3) is 5.56 Å². The molecule has 0 fully saturated rings. The van der Waals surface area contributed by atoms with Gasteiger partial charge >= 0.3 is 0 Å². The number of benzene rings is 1. The van der Waals surface area contributed by atoms with Gasteiger partial charge in [-0.05, 0) is 25.5 Å². The normalized spacial score (nSPS) is 11.2. The van der Waals surface area contributed by atoms with Crippen LogP contribution in [0.5, 0.6) is 5.75 Å². The molecule has 0 aliphatic rings. The zero-order valence-corrected chi connectivity index (χ0v) is 15.7. The molecule has 3 aromatic rings. The van der Waals surface area contributed by atoms with Gasteiger partial charge in [-0.3, -0.25) is 4.79 Å². The van der Waals surface area contributed by atoms with E-state index in [2.05, 4.69) is 23.1 Å². The van der Waals surface area contributed by atoms with Crippen molar-refractivity contribution in [2.24, 2.45) is 0 Å². The summed E-state index contributed by atoms with van der Waals surface area (Å²) in [6, 6.07) is 6.15. The SMILES string of the molecule is CCCCCCn1c(=O)c(Cn2cncn2)c(OC)c2cc(C)ccc21. The molecule has 0 N–H and O–H groups in total. The molecule has 0 aliphatic carbocycles. The van der Waals surface area contributed by atoms with Crippen LogP contribution in [-0.2, 0) is 13.1 Å². The first kappa shape index (κ1) is 18.2. The van der Waals surface area contributed by atoms with Crippen molar-refractivity contribution in [2.75, 3.05) is 7.11 Å². The number of ether oxygens (including phenoxy) is 1. The fourth-order valence-corrected chi connectivity index (χ4v) is 3.37. The number of hydrogen-bond acceptors (Lipinski definition) is 4. The lowest BCUT2D eigenvalue weighted by atomic mass is 10.1. The second-order valence-electron chi connectivity index (χ2n) is 6.64. The number of nitrogens with zero attached hydrogens (tertiary/aromatic N) is 4. The van der Waals surface area contributed by atoms with E-state index in [4.69, 9.17) is 4.74 Å². The first-order valence-corrected chi connectivity index (χ1v) is 9.18. The third kappa shape index (κ3) is 3.64. The van der Waals surface area contributed by atoms with Gasteiger partial charge in [-0.1, -0.05) is 37.8 Å². The van der Waals surface area contributed by atoms with E-state index >= 15 is 0 Å². The number of aryl methyl sites for hydroxylation is 2. The maximum atomic E-state index is 13.3. The van der Waals surface area contributed by atoms with Crippen molar-refractivity contribution in [1.82, 2.24) is 19.3 Å². The smallest absolute Gasteiger partial charge is 0.259 e. The average molecular weight is 354 g/mol. The zero-order valence-electron chi connectivity index (χ0n) is 15.7. The Morgan fingerprint density at radius 1 is 1.19 bits per heavy atom. The predicted molar refractivity (Wildman–Crippen MR) is 103 cm³/mol. The lowest BCUT2D eigenvalue weighted by Crippen LogP contribution is -2.27. The lowest BCUT2D eigenvalue weighted by Gasteiger charge is -2.17. The molecule has 0 radical (unpaired) electrons. The van der Waals surface area contributed by atoms with Crippen LogP contribution in [0.4, 0.5) is 0 Å². The predicted octanol–water partition coefficient (Wildman–Crippen LogP) is 3.54. The molecule has 0 saturated heterocycles. The van der Waals surface area contributed by atoms with E-state index in [1.165, 1.54) is 19.2 Å². The first-order chi connectivity index (χ1) is 12.7. The number of hydrogen-bond donors (Lipinski definition) is 0. The molecule has 2 heterocycles. The molecular weight excluding hydrogens is 328 g/mol. The van der Waals surface area contributed by atoms with Gasteiger partial charge in [-0.15, -0.1) is 0 Å². The van der Waals surface area contributed by atoms with Crippen molar-refractivity contribution in [3.63, 3.8) is 0 Å². The standard InChI is InChI=1S/C20H26N4O2/c1-4-5-6-7-10-24-18-9-8-15(2)11-16(18)19(26-3)17(20(24)25)12-23-14-21-13-22-23/h8-9,11,13-14H,4-7,10,12H2,1-3H3. The second kappa shape index (κ2) is 8.17. The van der Waals surface area contributed by atoms with Gasteiger partial charge in [0.05, 0.1) is 24.7 Å². The molecule has 26 heavy (non-hydrogen) atoms. The van der Waals surface area contributed by atoms with Crippen LogP contribution in [0.1, 0.15) is 43.7 Å². The molecule has 6 nitrogen and oxygen atoms in total. The summed E-state index contributed by atoms with van der Waals surface area (Å²) in [5, 5.41) is 5.11. The van der Waals surface area contributed by atoms with Crippen molar-refractivity contribution < 1.29 is 4.74 Å². The number of pyridine rings is 1. The molecule has 0 aliphatic heterocycles. The molecule has 2 aromatic heterocycles. The van der Waals surface area contributed by atoms with Crippen LogP contribution < -0.4 is 10.3 Å². The van der Waals surface area contributed by atoms with E-state index in [-0.39, 0.29) is 5.56 Å². The summed E-state index contributed by atoms with van der Waals surface area (Å²) >= 11 is 0. The van der Waals surface area contributed by atoms with Crippen LogP contribution in [0.25, 0.3) is 10.9 Å². The minimum atomic E-state index is -0.00907. The molecule has 0 unspecified atom stereocenters. The lowest BCUT2D eigenvalue weighted by molar-refractivity contribution is 0.409. The number of rotatable bonds is 8. The van der Waals surface area contributed by atoms with Crippen molar-refractivity contribution in [3.05, 3.63) is 52.3 Å². The van der Waals surface area contributed by atoms with Crippen LogP contribution in [0.3, 0.4) is 0 Å². The van der Waals surface area contributed by atoms with Crippen molar-refractivity contribution >= 4 is 10.9 Å². The number of aromatic nitrogens is 4. The van der Waals surface area contributed by atoms with E-state index in [0.29, 0.717) is 24.4 Å². The summed E-state index contributed by atoms with van der Waals surface area (Å²) < 4.78 is 9.21. The highest BCUT2D eigenvalue weighted by Crippen LogP contribution is 2.29. The third-order valence-electron chi connectivity index (χ3n) is 4.69. The number of methoxy groups -OCH3 is 1. The molecule has 6 heteroatoms. The van der Waals surface area contributed by atoms with Crippen LogP contribution in [-0.4, -0.2) is 26.4 Å². The summed E-state index contributed by atoms with van der Waals surface area (Å²) in [6.07, 6.45) is 7.57. The monoisotopic (exact) mass is 354 g/mol. The fraction of sp³-hybridized carbons (Fsp3) is 0.450. The summed E-state index contributed by atoms with van der Waals surface area (Å²) in [5.74, 6) is 0.633. The topological polar surface area (TPSA) is 61.9 Å². The Morgan fingerprint density at radius 2 is 2.04 bits per heavy atom. The minimum absolute atomic E-state index is 0.00907. The average Bonchev–Trinajstić information content (AvgIpc) is 3.14. The van der Waals surface area contributed by atoms with Gasteiger partial charge in [-0.25, -0.2) is 9.67 Å². The van der Waals surface area contributed by atoms with Gasteiger partial charge in [-0.2, -0.15) is 5.10 Å². The molecule has 0 amide bonds. The maximum absolute atomic E-state index is 13.3. The molecular formula is C20H26N4O2. The highest BCUT2D eigenvalue weighted by atomic mass is 16.5. The van der Waals surface area contributed by atoms with Gasteiger partial charge in [0.15, 0.2) is 0 Å². The maximum Gasteiger partial charge on any atom is 0.259 e. The second-order valence-corrected chi connectivity index (χ2v) is 6.64. The summed E-state index contributed by atoms with van der Waals surface area (Å²) in [5.41, 5.74) is 2.67. The number of unbranched alkanes of at least 4 members (excludes halogenated alkanes) is 3. The van der Waals surface area contributed by atoms with E-state index in [1.807, 2.05) is 23.6 Å². The van der Waals surface area contributed by atoms with Gasteiger partial charge in [0.1, 0.15) is 18.4 Å². The highest BCUT2D eigenvalue weighted by Gasteiger charge is 2.18. The van der Waals surface area contributed by atoms with Crippen LogP contribution >= 0.6 is 0 Å². The van der Waals surface area contributed by atoms with Crippen LogP contribution in [0.2, 0.25) is 0 Å². The van der Waals surface area contributed by atoms with Crippen molar-refractivity contribution in [3.8, 4) is 5.75 Å². The molecule has 0 atom stereocenters. The Labute approximate surface area is 153 Å². The molecule has 1 aromatic carbocycles. The third-order valence-corrected chi connectivity index (χ3v) is 4.69. The Morgan fingerprint density at radius 3 is 2.73 bits per heavy atom. The number of fused-ring (bicyclic) bond motifs is 1. The quantitative estimate of drug-likeness (QED) is 0.581. The van der Waals surface area contributed by atoms with Crippen molar-refractivity contribution in [2.45, 2.75) is 52.6 Å². The summed E-state index contributed by atoms with van der Waals surface area (Å²) in [6.45, 7) is 5.30. The first-order valence-electron chi connectivity index (χ1n) is 9.18. The molecule has 138 valence electrons. The van der Waals surface area contributed by atoms with Gasteiger partial charge in [0.2, 0.25) is 0 Å². The zero-order chi connectivity index (χ0) is 18.5. The minimum Gasteiger partial charge on any atom is -0.495 e. The largest absolute Gasteiger partial charge is 0.495 e. The van der Waals surface area contributed by atoms with E-state index < -0.39 is 0 Å². The van der Waals surface area contributed by atoms with Crippen molar-refractivity contribution in [1.29, 1.82) is 0 Å². The molecule has 3 rings (SSSR count). The summed E-state index contributed by atoms with van der Waals surface area (Å²) in [4.78, 5) is 17.2. The van der Waals surface area contributed by atoms with E-state index in [0.717, 1.165) is 29.3 Å². The summed E-state index contributed by atoms with van der Waals surface area (Å²) in [7, 11) is 1.62. The molecule has 0 bridgehead atoms. The molecule has 0 saturated carbocycles. The van der Waals surface area contributed by atoms with E-state index in [9.17, 15) is 4.79 Å². The fourth-order valence-electron chi connectivity index (χ4n) is 3.37. The Kier molecular flexibility index (Phi) is 5.71.